The third kappa shape index (κ3) is 8.72. The van der Waals surface area contributed by atoms with Gasteiger partial charge in [0.15, 0.2) is 13.0 Å². The van der Waals surface area contributed by atoms with E-state index in [9.17, 15) is 9.59 Å². The molecule has 0 saturated carbocycles. The van der Waals surface area contributed by atoms with Gasteiger partial charge in [-0.05, 0) is 74.0 Å². The number of halogens is 2. The average molecular weight is 641 g/mol. The summed E-state index contributed by atoms with van der Waals surface area (Å²) < 4.78 is 34.3. The quantitative estimate of drug-likeness (QED) is 0.213. The molecule has 0 spiro atoms. The molecule has 4 aromatic carbocycles. The van der Waals surface area contributed by atoms with Crippen LogP contribution in [0.25, 0.3) is 0 Å². The van der Waals surface area contributed by atoms with Gasteiger partial charge in [0.05, 0.1) is 0 Å². The summed E-state index contributed by atoms with van der Waals surface area (Å²) >= 11 is 7.52. The third-order valence-corrected chi connectivity index (χ3v) is 11.5. The Balaban J connectivity index is 0.000000934. The maximum Gasteiger partial charge on any atom is 0.275 e. The summed E-state index contributed by atoms with van der Waals surface area (Å²) in [7, 11) is -7.72. The second kappa shape index (κ2) is 15.8. The molecule has 0 unspecified atom stereocenters. The molecule has 0 aliphatic heterocycles. The van der Waals surface area contributed by atoms with Gasteiger partial charge >= 0.3 is 0 Å². The molecule has 0 saturated heterocycles. The number of hydrogen-bond acceptors (Lipinski definition) is 6. The maximum absolute atomic E-state index is 14.0. The number of amides is 2. The number of benzene rings is 4. The van der Waals surface area contributed by atoms with Crippen molar-refractivity contribution in [3.8, 4) is 0 Å². The minimum absolute atomic E-state index is 0.106. The van der Waals surface area contributed by atoms with E-state index < -0.39 is 17.5 Å². The third-order valence-electron chi connectivity index (χ3n) is 6.47. The predicted octanol–water partition coefficient (Wildman–Crippen LogP) is 0.931. The van der Waals surface area contributed by atoms with Crippen LogP contribution in [-0.2, 0) is 4.79 Å². The van der Waals surface area contributed by atoms with Crippen molar-refractivity contribution in [2.45, 2.75) is 13.8 Å². The first-order chi connectivity index (χ1) is 20.5. The van der Waals surface area contributed by atoms with Crippen LogP contribution in [-0.4, -0.2) is 29.8 Å². The van der Waals surface area contributed by atoms with Crippen LogP contribution >= 0.6 is 18.9 Å². The van der Waals surface area contributed by atoms with Crippen LogP contribution in [0.1, 0.15) is 24.2 Å². The molecule has 0 aromatic heterocycles. The summed E-state index contributed by atoms with van der Waals surface area (Å²) in [6.45, 7) is 4.80. The lowest BCUT2D eigenvalue weighted by molar-refractivity contribution is -2.00. The fourth-order valence-electron chi connectivity index (χ4n) is 4.55. The largest absolute Gasteiger partial charge is 0.338 e. The summed E-state index contributed by atoms with van der Waals surface area (Å²) in [4.78, 5) is 29.2. The summed E-state index contributed by atoms with van der Waals surface area (Å²) in [5.74, 6) is -0.692. The van der Waals surface area contributed by atoms with Crippen LogP contribution in [0.4, 0.5) is 0 Å². The number of carbonyl (C=O) groups excluding carboxylic acids is 2. The van der Waals surface area contributed by atoms with Gasteiger partial charge < -0.3 is 10.2 Å². The minimum atomic E-state index is -4.94. The summed E-state index contributed by atoms with van der Waals surface area (Å²) in [6, 6.07) is 38.9. The second-order valence-corrected chi connectivity index (χ2v) is 13.8. The lowest BCUT2D eigenvalue weighted by Gasteiger charge is -2.29. The average Bonchev–Trinajstić information content (AvgIpc) is 3.02. The van der Waals surface area contributed by atoms with Crippen molar-refractivity contribution in [2.24, 2.45) is 0 Å². The van der Waals surface area contributed by atoms with E-state index in [1.165, 1.54) is 0 Å². The first-order valence-corrected chi connectivity index (χ1v) is 16.7. The number of carbonyl (C=O) groups is 2. The van der Waals surface area contributed by atoms with Gasteiger partial charge in [-0.25, -0.2) is 18.6 Å². The Morgan fingerprint density at radius 2 is 1.00 bits per heavy atom. The normalized spacial score (nSPS) is 11.9. The van der Waals surface area contributed by atoms with E-state index >= 15 is 0 Å². The Kier molecular flexibility index (Phi) is 12.4. The zero-order valence-corrected chi connectivity index (χ0v) is 26.0. The number of nitrogens with one attached hydrogen (secondary N) is 1. The van der Waals surface area contributed by atoms with Crippen LogP contribution < -0.4 is 39.9 Å². The molecule has 0 radical (unpaired) electrons. The van der Waals surface area contributed by atoms with E-state index in [-0.39, 0.29) is 17.5 Å². The first-order valence-electron chi connectivity index (χ1n) is 13.3. The second-order valence-electron chi connectivity index (χ2n) is 9.02. The highest BCUT2D eigenvalue weighted by Gasteiger charge is 2.52. The molecule has 0 aliphatic carbocycles. The molecule has 11 heteroatoms. The Labute approximate surface area is 258 Å². The molecule has 4 rings (SSSR count). The van der Waals surface area contributed by atoms with E-state index in [0.717, 1.165) is 15.9 Å². The molecule has 8 nitrogen and oxygen atoms in total. The van der Waals surface area contributed by atoms with Gasteiger partial charge in [0, 0.05) is 18.7 Å². The molecule has 4 aromatic rings. The molecule has 0 heterocycles. The number of nitrogens with zero attached hydrogens (tertiary/aromatic N) is 1. The van der Waals surface area contributed by atoms with Gasteiger partial charge in [0.25, 0.3) is 11.8 Å². The molecule has 224 valence electrons. The smallest absolute Gasteiger partial charge is 0.275 e. The molecular weight excluding hydrogens is 610 g/mol. The fourth-order valence-corrected chi connectivity index (χ4v) is 9.47. The van der Waals surface area contributed by atoms with Crippen molar-refractivity contribution >= 4 is 46.6 Å². The standard InChI is InChI=1S/C32H30ClN2O2P.ClHO4/c1-3-35(4-2)32(37)29(34-31(36)25-17-9-5-10-18-25)30(33)38(26-19-11-6-12-20-26,27-21-13-7-14-22-27)28-23-15-8-16-24-28;2-1(3,4)5/h5-24H,3-4H2,1-2H3;(H,2,3,4,5). The van der Waals surface area contributed by atoms with Gasteiger partial charge in [0.2, 0.25) is 4.77 Å². The van der Waals surface area contributed by atoms with Gasteiger partial charge in [-0.1, -0.05) is 72.8 Å². The van der Waals surface area contributed by atoms with E-state index in [0.29, 0.717) is 23.4 Å². The van der Waals surface area contributed by atoms with Crippen LogP contribution in [0.15, 0.2) is 132 Å². The zero-order valence-electron chi connectivity index (χ0n) is 23.6. The highest BCUT2D eigenvalue weighted by atomic mass is 35.7. The van der Waals surface area contributed by atoms with Gasteiger partial charge in [-0.2, -0.15) is 0 Å². The van der Waals surface area contributed by atoms with Gasteiger partial charge in [-0.3, -0.25) is 9.59 Å². The van der Waals surface area contributed by atoms with Crippen LogP contribution in [0.5, 0.6) is 0 Å². The monoisotopic (exact) mass is 640 g/mol. The molecule has 0 atom stereocenters. The van der Waals surface area contributed by atoms with Gasteiger partial charge in [0.1, 0.15) is 15.9 Å². The highest BCUT2D eigenvalue weighted by molar-refractivity contribution is 8.00. The Morgan fingerprint density at radius 1 is 0.674 bits per heavy atom. The maximum atomic E-state index is 14.0. The lowest BCUT2D eigenvalue weighted by atomic mass is 10.2. The minimum Gasteiger partial charge on any atom is -0.338 e. The number of likely N-dealkylation sites (N-methyl/N-ethyl adjacent to an activating group) is 1. The van der Waals surface area contributed by atoms with Crippen LogP contribution in [0, 0.1) is 10.2 Å². The van der Waals surface area contributed by atoms with E-state index in [4.69, 9.17) is 30.2 Å². The van der Waals surface area contributed by atoms with E-state index in [1.807, 2.05) is 74.5 Å². The fraction of sp³-hybridized carbons (Fsp3) is 0.125. The van der Waals surface area contributed by atoms with Gasteiger partial charge in [-0.15, -0.1) is 10.2 Å². The Hall–Kier alpha value is -3.59. The van der Waals surface area contributed by atoms with Crippen molar-refractivity contribution < 1.29 is 38.5 Å². The van der Waals surface area contributed by atoms with E-state index in [1.54, 1.807) is 29.2 Å². The zero-order chi connectivity index (χ0) is 31.5. The molecule has 43 heavy (non-hydrogen) atoms. The van der Waals surface area contributed by atoms with Crippen molar-refractivity contribution in [1.82, 2.24) is 10.2 Å². The molecule has 0 bridgehead atoms. The van der Waals surface area contributed by atoms with Crippen molar-refractivity contribution in [3.63, 3.8) is 0 Å². The summed E-state index contributed by atoms with van der Waals surface area (Å²) in [5, 5.41) is 5.90. The van der Waals surface area contributed by atoms with Crippen molar-refractivity contribution in [3.05, 3.63) is 137 Å². The lowest BCUT2D eigenvalue weighted by Crippen LogP contribution is -2.68. The topological polar surface area (TPSA) is 142 Å². The molecule has 0 aliphatic rings. The van der Waals surface area contributed by atoms with E-state index in [2.05, 4.69) is 41.7 Å². The molecular formula is C32H31Cl2N2O6P. The Bertz CT molecular complexity index is 1400. The van der Waals surface area contributed by atoms with Crippen molar-refractivity contribution in [1.29, 1.82) is 0 Å². The SMILES string of the molecule is CCN(CC)C(=O)C(NC(=O)c1ccccc1)=C(Cl)[P+](c1ccccc1)(c1ccccc1)c1ccccc1.[O-][Cl+3]([O-])([O-])[O-]. The number of rotatable bonds is 9. The van der Waals surface area contributed by atoms with Crippen LogP contribution in [0.2, 0.25) is 0 Å². The Morgan fingerprint density at radius 3 is 1.33 bits per heavy atom. The van der Waals surface area contributed by atoms with Crippen LogP contribution in [0.3, 0.4) is 0 Å². The predicted molar refractivity (Wildman–Crippen MR) is 160 cm³/mol. The molecule has 0 fully saturated rings. The highest BCUT2D eigenvalue weighted by Crippen LogP contribution is 2.64. The molecule has 2 amide bonds. The summed E-state index contributed by atoms with van der Waals surface area (Å²) in [6.07, 6.45) is 0. The molecule has 1 N–H and O–H groups in total. The number of hydrogen-bond donors (Lipinski definition) is 1. The van der Waals surface area contributed by atoms with Crippen molar-refractivity contribution in [2.75, 3.05) is 13.1 Å². The summed E-state index contributed by atoms with van der Waals surface area (Å²) in [5.41, 5.74) is 0.555. The first kappa shape index (κ1) is 33.9.